The molecular weight excluding hydrogens is 371 g/mol. The Morgan fingerprint density at radius 3 is 2.37 bits per heavy atom. The lowest BCUT2D eigenvalue weighted by atomic mass is 10.1. The second kappa shape index (κ2) is 8.37. The standard InChI is InChI=1S/C13H19N5O2.C2HF3O2/c1-16(2)13(19)17-8-10-11(9-17)20-7-6-18(10)12-14-4-3-5-15-12;3-2(4,5)1(6)7/h3-5,10-11H,6-9H2,1-2H3;(H,6,7)/t10-,11+;/m1./s1. The van der Waals surface area contributed by atoms with Crippen molar-refractivity contribution in [1.29, 1.82) is 0 Å². The fourth-order valence-electron chi connectivity index (χ4n) is 2.81. The van der Waals surface area contributed by atoms with Gasteiger partial charge in [-0.05, 0) is 6.07 Å². The summed E-state index contributed by atoms with van der Waals surface area (Å²) in [6.07, 6.45) is -1.56. The van der Waals surface area contributed by atoms with E-state index in [9.17, 15) is 18.0 Å². The van der Waals surface area contributed by atoms with Crippen LogP contribution in [-0.4, -0.2) is 95.5 Å². The number of rotatable bonds is 1. The molecule has 0 saturated carbocycles. The van der Waals surface area contributed by atoms with Crippen LogP contribution in [0.1, 0.15) is 0 Å². The highest BCUT2D eigenvalue weighted by Gasteiger charge is 2.43. The molecule has 2 saturated heterocycles. The van der Waals surface area contributed by atoms with Crippen molar-refractivity contribution in [2.45, 2.75) is 18.3 Å². The molecule has 2 aliphatic rings. The summed E-state index contributed by atoms with van der Waals surface area (Å²) in [5.41, 5.74) is 0. The summed E-state index contributed by atoms with van der Waals surface area (Å²) in [4.78, 5) is 35.2. The molecule has 2 fully saturated rings. The number of halogens is 3. The first-order chi connectivity index (χ1) is 12.6. The zero-order chi connectivity index (χ0) is 20.2. The molecule has 0 bridgehead atoms. The van der Waals surface area contributed by atoms with E-state index in [0.717, 1.165) is 6.54 Å². The Morgan fingerprint density at radius 1 is 1.26 bits per heavy atom. The number of carbonyl (C=O) groups excluding carboxylic acids is 1. The van der Waals surface area contributed by atoms with Gasteiger partial charge in [-0.15, -0.1) is 0 Å². The molecule has 27 heavy (non-hydrogen) atoms. The monoisotopic (exact) mass is 391 g/mol. The minimum Gasteiger partial charge on any atom is -0.475 e. The maximum Gasteiger partial charge on any atom is 0.490 e. The van der Waals surface area contributed by atoms with E-state index in [1.807, 2.05) is 4.90 Å². The summed E-state index contributed by atoms with van der Waals surface area (Å²) in [5.74, 6) is -2.04. The van der Waals surface area contributed by atoms with Crippen LogP contribution in [0.4, 0.5) is 23.9 Å². The van der Waals surface area contributed by atoms with Crippen molar-refractivity contribution >= 4 is 17.9 Å². The molecule has 9 nitrogen and oxygen atoms in total. The lowest BCUT2D eigenvalue weighted by Crippen LogP contribution is -2.51. The maximum absolute atomic E-state index is 12.1. The van der Waals surface area contributed by atoms with E-state index in [-0.39, 0.29) is 18.2 Å². The van der Waals surface area contributed by atoms with Gasteiger partial charge in [0.1, 0.15) is 0 Å². The van der Waals surface area contributed by atoms with Gasteiger partial charge in [0.15, 0.2) is 0 Å². The van der Waals surface area contributed by atoms with Crippen molar-refractivity contribution in [1.82, 2.24) is 19.8 Å². The molecule has 1 aromatic heterocycles. The van der Waals surface area contributed by atoms with Crippen LogP contribution in [0.3, 0.4) is 0 Å². The SMILES string of the molecule is CN(C)C(=O)N1C[C@@H]2OCCN(c3ncccn3)[C@@H]2C1.O=C(O)C(F)(F)F. The zero-order valence-corrected chi connectivity index (χ0v) is 14.8. The highest BCUT2D eigenvalue weighted by Crippen LogP contribution is 2.26. The number of carbonyl (C=O) groups is 2. The summed E-state index contributed by atoms with van der Waals surface area (Å²) < 4.78 is 37.5. The number of anilines is 1. The van der Waals surface area contributed by atoms with Crippen molar-refractivity contribution in [2.75, 3.05) is 45.2 Å². The average Bonchev–Trinajstić information content (AvgIpc) is 3.05. The van der Waals surface area contributed by atoms with E-state index in [2.05, 4.69) is 14.9 Å². The number of carboxylic acid groups (broad SMARTS) is 1. The summed E-state index contributed by atoms with van der Waals surface area (Å²) in [5, 5.41) is 7.12. The molecule has 1 aromatic rings. The molecule has 0 radical (unpaired) electrons. The normalized spacial score (nSPS) is 21.8. The van der Waals surface area contributed by atoms with Gasteiger partial charge in [0.2, 0.25) is 5.95 Å². The van der Waals surface area contributed by atoms with Gasteiger partial charge in [0.05, 0.1) is 25.3 Å². The molecule has 3 heterocycles. The fourth-order valence-corrected chi connectivity index (χ4v) is 2.81. The first-order valence-corrected chi connectivity index (χ1v) is 8.03. The van der Waals surface area contributed by atoms with Crippen LogP contribution in [0.2, 0.25) is 0 Å². The van der Waals surface area contributed by atoms with Crippen LogP contribution in [-0.2, 0) is 9.53 Å². The Bertz CT molecular complexity index is 659. The Hall–Kier alpha value is -2.63. The molecule has 2 amide bonds. The first kappa shape index (κ1) is 20.7. The number of hydrogen-bond acceptors (Lipinski definition) is 6. The van der Waals surface area contributed by atoms with Gasteiger partial charge < -0.3 is 24.5 Å². The van der Waals surface area contributed by atoms with E-state index in [1.165, 1.54) is 0 Å². The van der Waals surface area contributed by atoms with Crippen LogP contribution in [0.15, 0.2) is 18.5 Å². The molecule has 12 heteroatoms. The third-order valence-corrected chi connectivity index (χ3v) is 4.01. The number of alkyl halides is 3. The highest BCUT2D eigenvalue weighted by atomic mass is 19.4. The van der Waals surface area contributed by atoms with Crippen molar-refractivity contribution in [3.63, 3.8) is 0 Å². The number of aromatic nitrogens is 2. The van der Waals surface area contributed by atoms with Gasteiger partial charge in [-0.1, -0.05) is 0 Å². The summed E-state index contributed by atoms with van der Waals surface area (Å²) in [6.45, 7) is 2.68. The molecule has 0 unspecified atom stereocenters. The number of hydrogen-bond donors (Lipinski definition) is 1. The van der Waals surface area contributed by atoms with Gasteiger partial charge in [0.25, 0.3) is 0 Å². The Kier molecular flexibility index (Phi) is 6.41. The number of morpholine rings is 1. The van der Waals surface area contributed by atoms with Gasteiger partial charge in [-0.2, -0.15) is 13.2 Å². The number of amides is 2. The van der Waals surface area contributed by atoms with Gasteiger partial charge >= 0.3 is 18.2 Å². The summed E-state index contributed by atoms with van der Waals surface area (Å²) in [7, 11) is 3.53. The van der Waals surface area contributed by atoms with Crippen LogP contribution < -0.4 is 4.90 Å². The lowest BCUT2D eigenvalue weighted by molar-refractivity contribution is -0.192. The second-order valence-corrected chi connectivity index (χ2v) is 6.10. The van der Waals surface area contributed by atoms with Gasteiger partial charge in [0, 0.05) is 39.6 Å². The predicted octanol–water partition coefficient (Wildman–Crippen LogP) is 0.681. The number of aliphatic carboxylic acids is 1. The first-order valence-electron chi connectivity index (χ1n) is 8.03. The lowest BCUT2D eigenvalue weighted by Gasteiger charge is -2.36. The van der Waals surface area contributed by atoms with Crippen LogP contribution in [0.5, 0.6) is 0 Å². The van der Waals surface area contributed by atoms with E-state index in [0.29, 0.717) is 25.6 Å². The third kappa shape index (κ3) is 5.18. The third-order valence-electron chi connectivity index (χ3n) is 4.01. The van der Waals surface area contributed by atoms with E-state index in [1.54, 1.807) is 37.5 Å². The summed E-state index contributed by atoms with van der Waals surface area (Å²) in [6, 6.07) is 1.96. The molecule has 0 aliphatic carbocycles. The van der Waals surface area contributed by atoms with E-state index < -0.39 is 12.1 Å². The van der Waals surface area contributed by atoms with Crippen molar-refractivity contribution in [3.05, 3.63) is 18.5 Å². The summed E-state index contributed by atoms with van der Waals surface area (Å²) >= 11 is 0. The maximum atomic E-state index is 12.1. The minimum atomic E-state index is -5.08. The minimum absolute atomic E-state index is 0.0249. The molecular formula is C15H20F3N5O4. The molecule has 2 atom stereocenters. The van der Waals surface area contributed by atoms with Crippen molar-refractivity contribution in [2.24, 2.45) is 0 Å². The highest BCUT2D eigenvalue weighted by molar-refractivity contribution is 5.74. The zero-order valence-electron chi connectivity index (χ0n) is 14.8. The molecule has 3 rings (SSSR count). The van der Waals surface area contributed by atoms with Crippen LogP contribution >= 0.6 is 0 Å². The predicted molar refractivity (Wildman–Crippen MR) is 87.3 cm³/mol. The molecule has 1 N–H and O–H groups in total. The number of carboxylic acids is 1. The van der Waals surface area contributed by atoms with E-state index >= 15 is 0 Å². The Balaban J connectivity index is 0.000000321. The second-order valence-electron chi connectivity index (χ2n) is 6.10. The number of fused-ring (bicyclic) bond motifs is 1. The number of urea groups is 1. The topological polar surface area (TPSA) is 99.1 Å². The molecule has 150 valence electrons. The Morgan fingerprint density at radius 2 is 1.85 bits per heavy atom. The Labute approximate surface area is 153 Å². The molecule has 2 aliphatic heterocycles. The van der Waals surface area contributed by atoms with Crippen LogP contribution in [0.25, 0.3) is 0 Å². The quantitative estimate of drug-likeness (QED) is 0.752. The fraction of sp³-hybridized carbons (Fsp3) is 0.600. The number of likely N-dealkylation sites (tertiary alicyclic amines) is 1. The van der Waals surface area contributed by atoms with Crippen molar-refractivity contribution in [3.8, 4) is 0 Å². The molecule has 0 aromatic carbocycles. The van der Waals surface area contributed by atoms with Gasteiger partial charge in [-0.3, -0.25) is 0 Å². The largest absolute Gasteiger partial charge is 0.490 e. The number of ether oxygens (including phenoxy) is 1. The smallest absolute Gasteiger partial charge is 0.475 e. The van der Waals surface area contributed by atoms with Crippen LogP contribution in [0, 0.1) is 0 Å². The molecule has 0 spiro atoms. The van der Waals surface area contributed by atoms with Gasteiger partial charge in [-0.25, -0.2) is 19.6 Å². The van der Waals surface area contributed by atoms with E-state index in [4.69, 9.17) is 14.6 Å². The van der Waals surface area contributed by atoms with Crippen molar-refractivity contribution < 1.29 is 32.6 Å². The average molecular weight is 391 g/mol. The number of nitrogens with zero attached hydrogens (tertiary/aromatic N) is 5.